The molecule has 5 rings (SSSR count). The highest BCUT2D eigenvalue weighted by atomic mass is 16.6. The predicted octanol–water partition coefficient (Wildman–Crippen LogP) is 5.58. The molecular weight excluding hydrogens is 434 g/mol. The topological polar surface area (TPSA) is 68.3 Å². The van der Waals surface area contributed by atoms with Gasteiger partial charge in [-0.15, -0.1) is 0 Å². The molecule has 0 bridgehead atoms. The molecule has 0 aliphatic carbocycles. The van der Waals surface area contributed by atoms with Crippen LogP contribution in [0.5, 0.6) is 0 Å². The first kappa shape index (κ1) is 23.1. The van der Waals surface area contributed by atoms with E-state index in [0.717, 1.165) is 52.2 Å². The monoisotopic (exact) mass is 463 g/mol. The van der Waals surface area contributed by atoms with E-state index in [-0.39, 0.29) is 5.78 Å². The molecular formula is C30H29N3O2. The molecule has 2 aromatic carbocycles. The van der Waals surface area contributed by atoms with Crippen LogP contribution in [0.3, 0.4) is 0 Å². The van der Waals surface area contributed by atoms with E-state index in [0.29, 0.717) is 25.0 Å². The standard InChI is InChI=1S/C30H29N3O2/c1-20-5-6-23(17-28(34)24-10-7-22(8-11-24)9-12-29-21(2)35-29)16-26(20)18-30-32-15-13-27(33-30)25-4-3-14-31-19-25/h3-8,10-11,13-16,19,21,29H,9,12,17-18H2,1-2H3. The summed E-state index contributed by atoms with van der Waals surface area (Å²) in [5.74, 6) is 0.875. The van der Waals surface area contributed by atoms with Crippen molar-refractivity contribution in [3.05, 3.63) is 113 Å². The van der Waals surface area contributed by atoms with Crippen LogP contribution in [0.4, 0.5) is 0 Å². The highest BCUT2D eigenvalue weighted by molar-refractivity contribution is 5.97. The molecule has 1 fully saturated rings. The molecule has 5 heteroatoms. The number of carbonyl (C=O) groups is 1. The van der Waals surface area contributed by atoms with Gasteiger partial charge in [-0.1, -0.05) is 42.5 Å². The van der Waals surface area contributed by atoms with Gasteiger partial charge in [0, 0.05) is 42.6 Å². The largest absolute Gasteiger partial charge is 0.370 e. The van der Waals surface area contributed by atoms with Gasteiger partial charge in [0.05, 0.1) is 17.9 Å². The molecule has 176 valence electrons. The number of rotatable bonds is 9. The average molecular weight is 464 g/mol. The fourth-order valence-corrected chi connectivity index (χ4v) is 4.34. The number of benzene rings is 2. The lowest BCUT2D eigenvalue weighted by Gasteiger charge is -2.10. The summed E-state index contributed by atoms with van der Waals surface area (Å²) >= 11 is 0. The number of ketones is 1. The van der Waals surface area contributed by atoms with Crippen molar-refractivity contribution < 1.29 is 9.53 Å². The van der Waals surface area contributed by atoms with Crippen molar-refractivity contribution >= 4 is 5.78 Å². The van der Waals surface area contributed by atoms with Crippen molar-refractivity contribution in [2.24, 2.45) is 0 Å². The Labute approximate surface area is 206 Å². The van der Waals surface area contributed by atoms with Crippen LogP contribution in [0.25, 0.3) is 11.3 Å². The number of pyridine rings is 1. The summed E-state index contributed by atoms with van der Waals surface area (Å²) in [5, 5.41) is 0. The molecule has 2 unspecified atom stereocenters. The maximum Gasteiger partial charge on any atom is 0.167 e. The van der Waals surface area contributed by atoms with Crippen LogP contribution < -0.4 is 0 Å². The highest BCUT2D eigenvalue weighted by Crippen LogP contribution is 2.26. The number of hydrogen-bond acceptors (Lipinski definition) is 5. The third kappa shape index (κ3) is 5.87. The van der Waals surface area contributed by atoms with Crippen molar-refractivity contribution in [2.75, 3.05) is 0 Å². The minimum Gasteiger partial charge on any atom is -0.370 e. The predicted molar refractivity (Wildman–Crippen MR) is 136 cm³/mol. The van der Waals surface area contributed by atoms with E-state index in [2.05, 4.69) is 48.1 Å². The second kappa shape index (κ2) is 10.3. The lowest BCUT2D eigenvalue weighted by atomic mass is 9.96. The molecule has 1 aliphatic heterocycles. The van der Waals surface area contributed by atoms with E-state index < -0.39 is 0 Å². The molecule has 1 saturated heterocycles. The highest BCUT2D eigenvalue weighted by Gasteiger charge is 2.33. The quantitative estimate of drug-likeness (QED) is 0.239. The number of ether oxygens (including phenoxy) is 1. The molecule has 35 heavy (non-hydrogen) atoms. The van der Waals surface area contributed by atoms with Crippen molar-refractivity contribution in [3.8, 4) is 11.3 Å². The molecule has 4 aromatic rings. The minimum atomic E-state index is 0.125. The third-order valence-electron chi connectivity index (χ3n) is 6.62. The van der Waals surface area contributed by atoms with Gasteiger partial charge >= 0.3 is 0 Å². The number of nitrogens with zero attached hydrogens (tertiary/aromatic N) is 3. The molecule has 0 N–H and O–H groups in total. The molecule has 1 aliphatic rings. The first-order chi connectivity index (χ1) is 17.0. The second-order valence-electron chi connectivity index (χ2n) is 9.25. The Hall–Kier alpha value is -3.70. The first-order valence-corrected chi connectivity index (χ1v) is 12.1. The summed E-state index contributed by atoms with van der Waals surface area (Å²) in [4.78, 5) is 26.3. The Balaban J connectivity index is 1.25. The lowest BCUT2D eigenvalue weighted by molar-refractivity contribution is 0.0993. The zero-order valence-electron chi connectivity index (χ0n) is 20.1. The Morgan fingerprint density at radius 3 is 2.54 bits per heavy atom. The van der Waals surface area contributed by atoms with Crippen LogP contribution in [-0.2, 0) is 24.0 Å². The maximum absolute atomic E-state index is 12.9. The number of Topliss-reactive ketones (excluding diaryl/α,β-unsaturated/α-hetero) is 1. The SMILES string of the molecule is Cc1ccc(CC(=O)c2ccc(CCC3OC3C)cc2)cc1Cc1nccc(-c2cccnc2)n1. The summed E-state index contributed by atoms with van der Waals surface area (Å²) in [6.45, 7) is 4.19. The Morgan fingerprint density at radius 2 is 1.80 bits per heavy atom. The van der Waals surface area contributed by atoms with Crippen LogP contribution in [0.2, 0.25) is 0 Å². The normalized spacial score (nSPS) is 16.7. The van der Waals surface area contributed by atoms with Crippen LogP contribution >= 0.6 is 0 Å². The van der Waals surface area contributed by atoms with Crippen LogP contribution in [0.15, 0.2) is 79.3 Å². The fourth-order valence-electron chi connectivity index (χ4n) is 4.34. The second-order valence-corrected chi connectivity index (χ2v) is 9.25. The van der Waals surface area contributed by atoms with Crippen molar-refractivity contribution in [2.45, 2.75) is 51.7 Å². The van der Waals surface area contributed by atoms with E-state index in [1.165, 1.54) is 5.56 Å². The summed E-state index contributed by atoms with van der Waals surface area (Å²) in [7, 11) is 0. The van der Waals surface area contributed by atoms with Crippen LogP contribution in [-0.4, -0.2) is 32.9 Å². The van der Waals surface area contributed by atoms with Gasteiger partial charge in [0.15, 0.2) is 5.78 Å². The summed E-state index contributed by atoms with van der Waals surface area (Å²) in [6, 6.07) is 20.0. The van der Waals surface area contributed by atoms with Crippen molar-refractivity contribution in [3.63, 3.8) is 0 Å². The zero-order valence-corrected chi connectivity index (χ0v) is 20.1. The zero-order chi connectivity index (χ0) is 24.2. The average Bonchev–Trinajstić information content (AvgIpc) is 3.60. The Bertz CT molecular complexity index is 1320. The van der Waals surface area contributed by atoms with Crippen molar-refractivity contribution in [1.82, 2.24) is 15.0 Å². The Morgan fingerprint density at radius 1 is 1.00 bits per heavy atom. The van der Waals surface area contributed by atoms with Gasteiger partial charge in [-0.2, -0.15) is 0 Å². The summed E-state index contributed by atoms with van der Waals surface area (Å²) < 4.78 is 5.48. The molecule has 3 heterocycles. The first-order valence-electron chi connectivity index (χ1n) is 12.1. The molecule has 0 saturated carbocycles. The molecule has 2 atom stereocenters. The summed E-state index contributed by atoms with van der Waals surface area (Å²) in [5.41, 5.74) is 7.11. The molecule has 0 spiro atoms. The van der Waals surface area contributed by atoms with Gasteiger partial charge in [0.2, 0.25) is 0 Å². The van der Waals surface area contributed by atoms with Gasteiger partial charge in [-0.3, -0.25) is 9.78 Å². The van der Waals surface area contributed by atoms with E-state index in [4.69, 9.17) is 9.72 Å². The van der Waals surface area contributed by atoms with Crippen molar-refractivity contribution in [1.29, 1.82) is 0 Å². The van der Waals surface area contributed by atoms with E-state index in [9.17, 15) is 4.79 Å². The van der Waals surface area contributed by atoms with Gasteiger partial charge in [-0.05, 0) is 67.1 Å². The van der Waals surface area contributed by atoms with Crippen LogP contribution in [0, 0.1) is 6.92 Å². The van der Waals surface area contributed by atoms with E-state index >= 15 is 0 Å². The Kier molecular flexibility index (Phi) is 6.77. The maximum atomic E-state index is 12.9. The summed E-state index contributed by atoms with van der Waals surface area (Å²) in [6.07, 6.45) is 9.14. The molecule has 0 amide bonds. The number of aryl methyl sites for hydroxylation is 2. The van der Waals surface area contributed by atoms with E-state index in [1.54, 1.807) is 18.6 Å². The van der Waals surface area contributed by atoms with Gasteiger partial charge in [0.1, 0.15) is 5.82 Å². The lowest BCUT2D eigenvalue weighted by Crippen LogP contribution is -2.06. The van der Waals surface area contributed by atoms with E-state index in [1.807, 2.05) is 36.4 Å². The van der Waals surface area contributed by atoms with Gasteiger partial charge < -0.3 is 4.74 Å². The van der Waals surface area contributed by atoms with Gasteiger partial charge in [0.25, 0.3) is 0 Å². The molecule has 5 nitrogen and oxygen atoms in total. The van der Waals surface area contributed by atoms with Crippen LogP contribution in [0.1, 0.15) is 51.8 Å². The van der Waals surface area contributed by atoms with Gasteiger partial charge in [-0.25, -0.2) is 9.97 Å². The number of epoxide rings is 1. The number of aromatic nitrogens is 3. The smallest absolute Gasteiger partial charge is 0.167 e. The third-order valence-corrected chi connectivity index (χ3v) is 6.62. The fraction of sp³-hybridized carbons (Fsp3) is 0.267. The number of carbonyl (C=O) groups excluding carboxylic acids is 1. The minimum absolute atomic E-state index is 0.125. The molecule has 2 aromatic heterocycles. The number of hydrogen-bond donors (Lipinski definition) is 0. The molecule has 0 radical (unpaired) electrons.